The van der Waals surface area contributed by atoms with Crippen LogP contribution in [0.2, 0.25) is 0 Å². The first-order valence-electron chi connectivity index (χ1n) is 32.8. The SMILES string of the molecule is CC[C@@]12C3C(CC[C@]1(O)C[C@@H](O[C@@H]1O[C@@H](C)[C@H](C)[C@@H](C)[C@H]1OC(C)=O)C[C@H]2C)[C@@]1(O)CC[C@H](C2=CC(=O)OC2)[C@@]1(C)C[C@H]3OC(C)=O.C[C@@H]1O[C@@H](O[C@H]2C[C@@H](O)[C@]3(CO)C4C(CC[C@]3(O)C2)[C@@]2(O)CC[C@H](C3=CC(=O)OC3)[C@@]2(C)C[C@H]4O)[C@H](O)[C@H](O)[C@H]1O. The van der Waals surface area contributed by atoms with E-state index >= 15 is 0 Å². The predicted octanol–water partition coefficient (Wildman–Crippen LogP) is 3.35. The van der Waals surface area contributed by atoms with Crippen LogP contribution < -0.4 is 0 Å². The van der Waals surface area contributed by atoms with Crippen LogP contribution in [0.25, 0.3) is 0 Å². The Morgan fingerprint density at radius 1 is 0.602 bits per heavy atom. The zero-order valence-electron chi connectivity index (χ0n) is 53.0. The van der Waals surface area contributed by atoms with Crippen LogP contribution in [-0.4, -0.2) is 197 Å². The Bertz CT molecular complexity index is 2740. The van der Waals surface area contributed by atoms with Gasteiger partial charge in [0, 0.05) is 79.3 Å². The lowest BCUT2D eigenvalue weighted by molar-refractivity contribution is -0.342. The Kier molecular flexibility index (Phi) is 17.6. The van der Waals surface area contributed by atoms with Crippen LogP contribution in [0, 0.1) is 74.9 Å². The van der Waals surface area contributed by atoms with E-state index in [4.69, 9.17) is 37.9 Å². The van der Waals surface area contributed by atoms with Gasteiger partial charge in [-0.25, -0.2) is 9.59 Å². The number of hydrogen-bond donors (Lipinski definition) is 10. The van der Waals surface area contributed by atoms with Crippen LogP contribution in [0.3, 0.4) is 0 Å². The van der Waals surface area contributed by atoms with Crippen molar-refractivity contribution >= 4 is 23.9 Å². The van der Waals surface area contributed by atoms with Crippen LogP contribution in [0.4, 0.5) is 0 Å². The molecule has 22 heteroatoms. The summed E-state index contributed by atoms with van der Waals surface area (Å²) in [6, 6.07) is 0. The Balaban J connectivity index is 0.000000184. The number of rotatable bonds is 10. The summed E-state index contributed by atoms with van der Waals surface area (Å²) >= 11 is 0. The van der Waals surface area contributed by atoms with Crippen molar-refractivity contribution in [2.75, 3.05) is 19.8 Å². The smallest absolute Gasteiger partial charge is 0.331 e. The molecule has 10 N–H and O–H groups in total. The average Bonchev–Trinajstić information content (AvgIpc) is 1.18. The minimum absolute atomic E-state index is 0.0311. The van der Waals surface area contributed by atoms with Gasteiger partial charge in [-0.2, -0.15) is 0 Å². The van der Waals surface area contributed by atoms with Gasteiger partial charge in [0.05, 0.1) is 71.0 Å². The Labute approximate surface area is 516 Å². The zero-order valence-corrected chi connectivity index (χ0v) is 53.0. The van der Waals surface area contributed by atoms with Crippen molar-refractivity contribution in [1.29, 1.82) is 0 Å². The highest BCUT2D eigenvalue weighted by Gasteiger charge is 2.77. The van der Waals surface area contributed by atoms with Crippen molar-refractivity contribution in [3.63, 3.8) is 0 Å². The molecule has 10 fully saturated rings. The second-order valence-corrected chi connectivity index (χ2v) is 30.1. The van der Waals surface area contributed by atoms with Gasteiger partial charge in [0.2, 0.25) is 0 Å². The fraction of sp³-hybridized carbons (Fsp3) is 0.879. The highest BCUT2D eigenvalue weighted by Crippen LogP contribution is 2.74. The van der Waals surface area contributed by atoms with Gasteiger partial charge in [-0.1, -0.05) is 41.5 Å². The second-order valence-electron chi connectivity index (χ2n) is 30.1. The Morgan fingerprint density at radius 3 is 1.64 bits per heavy atom. The molecule has 0 spiro atoms. The highest BCUT2D eigenvalue weighted by atomic mass is 16.7. The highest BCUT2D eigenvalue weighted by molar-refractivity contribution is 5.86. The molecule has 0 aromatic carbocycles. The average molecular weight is 1250 g/mol. The normalized spacial score (nSPS) is 53.6. The Hall–Kier alpha value is -3.20. The molecule has 12 aliphatic rings. The van der Waals surface area contributed by atoms with Crippen LogP contribution in [0.5, 0.6) is 0 Å². The summed E-state index contributed by atoms with van der Waals surface area (Å²) in [5, 5.41) is 115. The Morgan fingerprint density at radius 2 is 1.11 bits per heavy atom. The van der Waals surface area contributed by atoms with Gasteiger partial charge < -0.3 is 89.0 Å². The number of hydrogen-bond acceptors (Lipinski definition) is 22. The molecule has 496 valence electrons. The second kappa shape index (κ2) is 23.4. The maximum atomic E-state index is 12.9. The summed E-state index contributed by atoms with van der Waals surface area (Å²) < 4.78 is 46.9. The molecule has 4 aliphatic heterocycles. The number of ether oxygens (including phenoxy) is 8. The molecule has 4 heterocycles. The summed E-state index contributed by atoms with van der Waals surface area (Å²) in [6.45, 7) is 18.6. The first-order valence-corrected chi connectivity index (χ1v) is 32.8. The first kappa shape index (κ1) is 66.3. The third-order valence-corrected chi connectivity index (χ3v) is 26.6. The van der Waals surface area contributed by atoms with E-state index in [1.54, 1.807) is 6.08 Å². The summed E-state index contributed by atoms with van der Waals surface area (Å²) in [6.07, 6.45) is -2.86. The molecule has 30 atom stereocenters. The fourth-order valence-corrected chi connectivity index (χ4v) is 22.1. The van der Waals surface area contributed by atoms with Gasteiger partial charge in [-0.15, -0.1) is 0 Å². The molecule has 0 aromatic rings. The molecular weight excluding hydrogens is 1140 g/mol. The van der Waals surface area contributed by atoms with Crippen molar-refractivity contribution in [3.05, 3.63) is 23.3 Å². The topological polar surface area (TPSA) is 344 Å². The molecule has 22 nitrogen and oxygen atoms in total. The summed E-state index contributed by atoms with van der Waals surface area (Å²) in [5.41, 5.74) is -7.03. The number of fused-ring (bicyclic) bond motifs is 10. The van der Waals surface area contributed by atoms with Gasteiger partial charge in [0.25, 0.3) is 0 Å². The van der Waals surface area contributed by atoms with E-state index in [-0.39, 0.29) is 110 Å². The minimum Gasteiger partial charge on any atom is -0.462 e. The van der Waals surface area contributed by atoms with E-state index in [1.165, 1.54) is 26.8 Å². The molecule has 0 bridgehead atoms. The molecule has 8 saturated carbocycles. The lowest BCUT2D eigenvalue weighted by atomic mass is 9.38. The summed E-state index contributed by atoms with van der Waals surface area (Å²) in [5.74, 6) is -3.39. The quantitative estimate of drug-likeness (QED) is 0.0851. The van der Waals surface area contributed by atoms with E-state index in [0.29, 0.717) is 64.2 Å². The number of aliphatic hydroxyl groups is 10. The monoisotopic (exact) mass is 1240 g/mol. The van der Waals surface area contributed by atoms with Crippen molar-refractivity contribution in [1.82, 2.24) is 0 Å². The van der Waals surface area contributed by atoms with Gasteiger partial charge in [-0.3, -0.25) is 9.59 Å². The lowest BCUT2D eigenvalue weighted by Crippen LogP contribution is -2.76. The largest absolute Gasteiger partial charge is 0.462 e. The summed E-state index contributed by atoms with van der Waals surface area (Å²) in [7, 11) is 0. The van der Waals surface area contributed by atoms with Gasteiger partial charge in [0.1, 0.15) is 37.6 Å². The van der Waals surface area contributed by atoms with Crippen molar-refractivity contribution in [2.45, 2.75) is 268 Å². The number of esters is 4. The summed E-state index contributed by atoms with van der Waals surface area (Å²) in [4.78, 5) is 48.7. The van der Waals surface area contributed by atoms with Gasteiger partial charge >= 0.3 is 23.9 Å². The number of cyclic esters (lactones) is 2. The molecule has 0 radical (unpaired) electrons. The third-order valence-electron chi connectivity index (χ3n) is 26.6. The van der Waals surface area contributed by atoms with E-state index in [2.05, 4.69) is 34.6 Å². The lowest BCUT2D eigenvalue weighted by Gasteiger charge is -2.70. The van der Waals surface area contributed by atoms with E-state index in [9.17, 15) is 70.2 Å². The first-order chi connectivity index (χ1) is 41.2. The molecule has 2 saturated heterocycles. The fourth-order valence-electron chi connectivity index (χ4n) is 22.1. The molecule has 8 aliphatic carbocycles. The van der Waals surface area contributed by atoms with E-state index in [0.717, 1.165) is 17.6 Å². The molecule has 0 aromatic heterocycles. The van der Waals surface area contributed by atoms with Crippen molar-refractivity contribution in [2.24, 2.45) is 74.9 Å². The van der Waals surface area contributed by atoms with Crippen molar-refractivity contribution < 1.29 is 108 Å². The molecular formula is C66H100O22. The van der Waals surface area contributed by atoms with Crippen LogP contribution >= 0.6 is 0 Å². The molecule has 88 heavy (non-hydrogen) atoms. The van der Waals surface area contributed by atoms with Gasteiger partial charge in [0.15, 0.2) is 18.7 Å². The van der Waals surface area contributed by atoms with Gasteiger partial charge in [-0.05, 0) is 138 Å². The molecule has 0 amide bonds. The predicted molar refractivity (Wildman–Crippen MR) is 309 cm³/mol. The van der Waals surface area contributed by atoms with E-state index < -0.39 is 136 Å². The van der Waals surface area contributed by atoms with E-state index in [1.807, 2.05) is 13.8 Å². The third kappa shape index (κ3) is 9.88. The molecule has 4 unspecified atom stereocenters. The minimum atomic E-state index is -1.67. The van der Waals surface area contributed by atoms with Crippen LogP contribution in [0.15, 0.2) is 23.3 Å². The standard InChI is InChI=1S/C37H56O10.C29H44O12/c1-9-36-19(2)14-26(47-33-32(46-24(7)39)21(4)20(3)22(5)44-33)16-35(36,41)12-10-28-31(36)29(45-23(6)38)17-34(8)27(11-13-37(28,34)42)25-15-30(40)43-18-25;1-13-22(34)23(35)24(36)25(40-13)41-15-8-19(32)28(12-30)21-17(3-5-27(28,37)9-15)29(38)6-4-16(14-7-20(33)39-11-14)26(29,2)10-18(21)31/h15,19-22,26-29,31-33,41-42H,9-14,16-18H2,1-8H3;7,13,15-19,21-25,30-32,34-38H,3-6,8-12H2,1-2H3/t19-,20-,21-,22+,26+,27-,28?,29-,31?,32-,33+,34-,35+,36-,37+;13-,15-,16+,17?,18+,19+,21?,22-,23+,24+,25-,26+,27-,28+,29-/m10/s1. The molecule has 12 rings (SSSR count). The maximum absolute atomic E-state index is 12.9. The van der Waals surface area contributed by atoms with Crippen LogP contribution in [-0.2, 0) is 57.1 Å². The van der Waals surface area contributed by atoms with Crippen molar-refractivity contribution in [3.8, 4) is 0 Å². The maximum Gasteiger partial charge on any atom is 0.331 e. The number of aliphatic hydroxyl groups excluding tert-OH is 6. The van der Waals surface area contributed by atoms with Crippen LogP contribution in [0.1, 0.15) is 166 Å². The number of carbonyl (C=O) groups is 4. The zero-order chi connectivity index (χ0) is 64.0. The number of carbonyl (C=O) groups excluding carboxylic acids is 4.